The molecule has 0 N–H and O–H groups in total. The average molecular weight is 388 g/mol. The molecular weight excluding hydrogens is 368 g/mol. The van der Waals surface area contributed by atoms with Crippen molar-refractivity contribution in [1.29, 1.82) is 0 Å². The van der Waals surface area contributed by atoms with Gasteiger partial charge in [0.2, 0.25) is 0 Å². The van der Waals surface area contributed by atoms with E-state index in [1.165, 1.54) is 7.11 Å². The number of carbonyl (C=O) groups is 1. The predicted octanol–water partition coefficient (Wildman–Crippen LogP) is 2.32. The zero-order valence-corrected chi connectivity index (χ0v) is 15.8. The van der Waals surface area contributed by atoms with Gasteiger partial charge in [0, 0.05) is 11.8 Å². The van der Waals surface area contributed by atoms with Crippen LogP contribution in [-0.2, 0) is 9.84 Å². The monoisotopic (exact) mass is 388 g/mol. The van der Waals surface area contributed by atoms with Gasteiger partial charge in [0.15, 0.2) is 9.84 Å². The molecule has 0 spiro atoms. The first-order chi connectivity index (χ1) is 12.9. The van der Waals surface area contributed by atoms with Crippen LogP contribution in [0.1, 0.15) is 0 Å². The van der Waals surface area contributed by atoms with Crippen molar-refractivity contribution in [3.8, 4) is 11.5 Å². The molecule has 2 amide bonds. The number of para-hydroxylation sites is 2. The topological polar surface area (TPSA) is 76.2 Å². The zero-order chi connectivity index (χ0) is 19.2. The van der Waals surface area contributed by atoms with Crippen molar-refractivity contribution in [2.75, 3.05) is 35.5 Å². The molecule has 2 saturated heterocycles. The lowest BCUT2D eigenvalue weighted by Gasteiger charge is -2.24. The Bertz CT molecular complexity index is 991. The zero-order valence-electron chi connectivity index (χ0n) is 15.0. The molecular formula is C19H20N2O5S. The normalized spacial score (nSPS) is 23.4. The van der Waals surface area contributed by atoms with E-state index in [0.29, 0.717) is 22.9 Å². The van der Waals surface area contributed by atoms with Gasteiger partial charge >= 0.3 is 6.03 Å². The minimum absolute atomic E-state index is 0.0632. The smallest absolute Gasteiger partial charge is 0.329 e. The summed E-state index contributed by atoms with van der Waals surface area (Å²) in [6, 6.07) is 13.0. The molecule has 4 rings (SSSR count). The van der Waals surface area contributed by atoms with Gasteiger partial charge in [-0.25, -0.2) is 13.2 Å². The van der Waals surface area contributed by atoms with Gasteiger partial charge in [-0.1, -0.05) is 18.2 Å². The lowest BCUT2D eigenvalue weighted by Crippen LogP contribution is -2.38. The molecule has 0 saturated carbocycles. The van der Waals surface area contributed by atoms with E-state index in [0.717, 1.165) is 0 Å². The van der Waals surface area contributed by atoms with Gasteiger partial charge in [-0.3, -0.25) is 9.80 Å². The molecule has 142 valence electrons. The summed E-state index contributed by atoms with van der Waals surface area (Å²) in [6.07, 6.45) is 0. The third kappa shape index (κ3) is 2.90. The van der Waals surface area contributed by atoms with E-state index >= 15 is 0 Å². The summed E-state index contributed by atoms with van der Waals surface area (Å²) in [7, 11) is -0.173. The molecule has 2 atom stereocenters. The van der Waals surface area contributed by atoms with Gasteiger partial charge in [-0.05, 0) is 24.3 Å². The maximum absolute atomic E-state index is 13.4. The van der Waals surface area contributed by atoms with E-state index < -0.39 is 21.9 Å². The van der Waals surface area contributed by atoms with Crippen LogP contribution in [-0.4, -0.2) is 52.3 Å². The molecule has 7 nitrogen and oxygen atoms in total. The van der Waals surface area contributed by atoms with Crippen molar-refractivity contribution < 1.29 is 22.7 Å². The number of nitrogens with zero attached hydrogens (tertiary/aromatic N) is 2. The third-order valence-electron chi connectivity index (χ3n) is 5.05. The highest BCUT2D eigenvalue weighted by molar-refractivity contribution is 7.91. The van der Waals surface area contributed by atoms with Crippen molar-refractivity contribution in [3.05, 3.63) is 48.5 Å². The number of sulfone groups is 1. The Morgan fingerprint density at radius 1 is 0.926 bits per heavy atom. The highest BCUT2D eigenvalue weighted by atomic mass is 32.2. The molecule has 0 bridgehead atoms. The summed E-state index contributed by atoms with van der Waals surface area (Å²) >= 11 is 0. The van der Waals surface area contributed by atoms with Crippen LogP contribution in [0.2, 0.25) is 0 Å². The fourth-order valence-electron chi connectivity index (χ4n) is 3.88. The number of urea groups is 1. The van der Waals surface area contributed by atoms with Crippen molar-refractivity contribution >= 4 is 27.2 Å². The number of amides is 2. The first kappa shape index (κ1) is 17.7. The van der Waals surface area contributed by atoms with E-state index in [-0.39, 0.29) is 17.5 Å². The van der Waals surface area contributed by atoms with Crippen LogP contribution < -0.4 is 19.3 Å². The first-order valence-corrected chi connectivity index (χ1v) is 10.4. The summed E-state index contributed by atoms with van der Waals surface area (Å²) in [5.74, 6) is 1.00. The third-order valence-corrected chi connectivity index (χ3v) is 6.74. The number of hydrogen-bond acceptors (Lipinski definition) is 5. The van der Waals surface area contributed by atoms with Gasteiger partial charge in [0.05, 0.1) is 43.5 Å². The number of carbonyl (C=O) groups excluding carboxylic acids is 1. The molecule has 0 unspecified atom stereocenters. The summed E-state index contributed by atoms with van der Waals surface area (Å²) in [5.41, 5.74) is 1.19. The van der Waals surface area contributed by atoms with Gasteiger partial charge in [-0.15, -0.1) is 0 Å². The molecule has 2 aliphatic heterocycles. The minimum Gasteiger partial charge on any atom is -0.497 e. The van der Waals surface area contributed by atoms with E-state index in [1.54, 1.807) is 59.4 Å². The van der Waals surface area contributed by atoms with Crippen LogP contribution >= 0.6 is 0 Å². The molecule has 0 radical (unpaired) electrons. The molecule has 2 aliphatic rings. The van der Waals surface area contributed by atoms with Gasteiger partial charge in [-0.2, -0.15) is 0 Å². The van der Waals surface area contributed by atoms with Crippen LogP contribution in [0.3, 0.4) is 0 Å². The SMILES string of the molecule is COc1cccc(N2C(=O)N(c3ccccc3OC)[C@H]3CS(=O)(=O)C[C@H]32)c1. The molecule has 2 aromatic rings. The standard InChI is InChI=1S/C19H20N2O5S/c1-25-14-7-5-6-13(10-14)20-16-11-27(23,24)12-17(16)21(19(20)22)15-8-3-4-9-18(15)26-2/h3-10,16-17H,11-12H2,1-2H3/t16-,17+/m1/s1. The van der Waals surface area contributed by atoms with Crippen molar-refractivity contribution in [1.82, 2.24) is 0 Å². The highest BCUT2D eigenvalue weighted by Gasteiger charge is 2.55. The van der Waals surface area contributed by atoms with E-state index in [4.69, 9.17) is 9.47 Å². The van der Waals surface area contributed by atoms with Crippen molar-refractivity contribution in [3.63, 3.8) is 0 Å². The Morgan fingerprint density at radius 2 is 1.63 bits per heavy atom. The molecule has 0 aliphatic carbocycles. The number of anilines is 2. The second-order valence-electron chi connectivity index (χ2n) is 6.61. The molecule has 27 heavy (non-hydrogen) atoms. The second kappa shape index (κ2) is 6.45. The number of methoxy groups -OCH3 is 2. The first-order valence-electron chi connectivity index (χ1n) is 8.55. The minimum atomic E-state index is -3.25. The van der Waals surface area contributed by atoms with E-state index in [1.807, 2.05) is 6.07 Å². The fraction of sp³-hybridized carbons (Fsp3) is 0.316. The van der Waals surface area contributed by atoms with Crippen LogP contribution in [0.5, 0.6) is 11.5 Å². The summed E-state index contributed by atoms with van der Waals surface area (Å²) in [5, 5.41) is 0. The Morgan fingerprint density at radius 3 is 2.33 bits per heavy atom. The molecule has 0 aromatic heterocycles. The summed E-state index contributed by atoms with van der Waals surface area (Å²) < 4.78 is 35.4. The Kier molecular flexibility index (Phi) is 4.22. The van der Waals surface area contributed by atoms with Crippen LogP contribution in [0.25, 0.3) is 0 Å². The van der Waals surface area contributed by atoms with Crippen molar-refractivity contribution in [2.45, 2.75) is 12.1 Å². The molecule has 2 fully saturated rings. The number of benzene rings is 2. The molecule has 8 heteroatoms. The summed E-state index contributed by atoms with van der Waals surface area (Å²) in [4.78, 5) is 16.5. The Hall–Kier alpha value is -2.74. The van der Waals surface area contributed by atoms with Gasteiger partial charge in [0.25, 0.3) is 0 Å². The lowest BCUT2D eigenvalue weighted by molar-refractivity contribution is 0.255. The highest BCUT2D eigenvalue weighted by Crippen LogP contribution is 2.41. The van der Waals surface area contributed by atoms with Crippen LogP contribution in [0.15, 0.2) is 48.5 Å². The van der Waals surface area contributed by atoms with Gasteiger partial charge in [0.1, 0.15) is 11.5 Å². The maximum atomic E-state index is 13.4. The molecule has 2 heterocycles. The maximum Gasteiger partial charge on any atom is 0.329 e. The average Bonchev–Trinajstić information content (AvgIpc) is 3.10. The number of ether oxygens (including phenoxy) is 2. The van der Waals surface area contributed by atoms with E-state index in [9.17, 15) is 13.2 Å². The Labute approximate surface area is 158 Å². The van der Waals surface area contributed by atoms with Crippen LogP contribution in [0, 0.1) is 0 Å². The second-order valence-corrected chi connectivity index (χ2v) is 8.76. The van der Waals surface area contributed by atoms with Gasteiger partial charge < -0.3 is 9.47 Å². The van der Waals surface area contributed by atoms with E-state index in [2.05, 4.69) is 0 Å². The Balaban J connectivity index is 1.83. The number of rotatable bonds is 4. The summed E-state index contributed by atoms with van der Waals surface area (Å²) in [6.45, 7) is 0. The lowest BCUT2D eigenvalue weighted by atomic mass is 10.1. The largest absolute Gasteiger partial charge is 0.497 e. The molecule has 2 aromatic carbocycles. The van der Waals surface area contributed by atoms with Crippen LogP contribution in [0.4, 0.5) is 16.2 Å². The predicted molar refractivity (Wildman–Crippen MR) is 103 cm³/mol. The quantitative estimate of drug-likeness (QED) is 0.752. The number of hydrogen-bond donors (Lipinski definition) is 0. The number of fused-ring (bicyclic) bond motifs is 1. The fourth-order valence-corrected chi connectivity index (χ4v) is 5.80. The van der Waals surface area contributed by atoms with Crippen molar-refractivity contribution in [2.24, 2.45) is 0 Å².